The molecule has 0 saturated carbocycles. The first-order valence-corrected chi connectivity index (χ1v) is 5.28. The van der Waals surface area contributed by atoms with Crippen LogP contribution >= 0.6 is 46.4 Å². The Morgan fingerprint density at radius 2 is 1.73 bits per heavy atom. The molecule has 0 fully saturated rings. The summed E-state index contributed by atoms with van der Waals surface area (Å²) in [5.41, 5.74) is 5.74. The predicted octanol–water partition coefficient (Wildman–Crippen LogP) is 3.63. The average Bonchev–Trinajstić information content (AvgIpc) is 2.19. The first-order valence-electron chi connectivity index (χ1n) is 3.77. The molecule has 15 heavy (non-hydrogen) atoms. The van der Waals surface area contributed by atoms with E-state index in [-0.39, 0.29) is 26.1 Å². The largest absolute Gasteiger partial charge is 0.370 e. The molecule has 0 aliphatic heterocycles. The minimum Gasteiger partial charge on any atom is -0.370 e. The Balaban J connectivity index is 3.38. The quantitative estimate of drug-likeness (QED) is 0.358. The van der Waals surface area contributed by atoms with Gasteiger partial charge in [0.15, 0.2) is 5.96 Å². The van der Waals surface area contributed by atoms with Crippen molar-refractivity contribution >= 4 is 58.1 Å². The summed E-state index contributed by atoms with van der Waals surface area (Å²) < 4.78 is 0. The summed E-state index contributed by atoms with van der Waals surface area (Å²) >= 11 is 23.4. The maximum absolute atomic E-state index is 7.26. The van der Waals surface area contributed by atoms with Gasteiger partial charge < -0.3 is 10.6 Å². The van der Waals surface area contributed by atoms with E-state index in [4.69, 9.17) is 57.5 Å². The number of guanidine groups is 1. The highest BCUT2D eigenvalue weighted by molar-refractivity contribution is 6.52. The zero-order valence-corrected chi connectivity index (χ0v) is 10.6. The van der Waals surface area contributed by atoms with E-state index in [1.54, 1.807) is 7.05 Å². The van der Waals surface area contributed by atoms with Crippen LogP contribution in [-0.4, -0.2) is 13.0 Å². The molecule has 0 atom stereocenters. The lowest BCUT2D eigenvalue weighted by Crippen LogP contribution is -2.32. The van der Waals surface area contributed by atoms with Gasteiger partial charge in [-0.15, -0.1) is 0 Å². The van der Waals surface area contributed by atoms with E-state index < -0.39 is 0 Å². The molecule has 3 nitrogen and oxygen atoms in total. The molecule has 0 heterocycles. The van der Waals surface area contributed by atoms with Crippen LogP contribution in [0.25, 0.3) is 0 Å². The third-order valence-electron chi connectivity index (χ3n) is 1.81. The molecule has 0 amide bonds. The number of nitrogens with one attached hydrogen (secondary N) is 1. The van der Waals surface area contributed by atoms with Crippen molar-refractivity contribution in [2.24, 2.45) is 5.73 Å². The lowest BCUT2D eigenvalue weighted by atomic mass is 10.3. The van der Waals surface area contributed by atoms with E-state index in [1.807, 2.05) is 0 Å². The van der Waals surface area contributed by atoms with Gasteiger partial charge in [0.1, 0.15) is 0 Å². The summed E-state index contributed by atoms with van der Waals surface area (Å²) in [6, 6.07) is 1.50. The van der Waals surface area contributed by atoms with Crippen LogP contribution in [0.5, 0.6) is 0 Å². The molecular weight excluding hydrogens is 280 g/mol. The minimum atomic E-state index is -0.175. The van der Waals surface area contributed by atoms with Gasteiger partial charge >= 0.3 is 0 Å². The molecule has 1 aromatic carbocycles. The number of anilines is 1. The zero-order valence-electron chi connectivity index (χ0n) is 7.61. The Bertz CT molecular complexity index is 419. The first-order chi connectivity index (χ1) is 6.86. The smallest absolute Gasteiger partial charge is 0.192 e. The van der Waals surface area contributed by atoms with E-state index in [2.05, 4.69) is 0 Å². The number of benzene rings is 1. The fourth-order valence-corrected chi connectivity index (χ4v) is 1.85. The molecule has 7 heteroatoms. The Morgan fingerprint density at radius 1 is 1.20 bits per heavy atom. The van der Waals surface area contributed by atoms with E-state index in [0.29, 0.717) is 5.69 Å². The highest BCUT2D eigenvalue weighted by Gasteiger charge is 2.16. The highest BCUT2D eigenvalue weighted by Crippen LogP contribution is 2.41. The van der Waals surface area contributed by atoms with Crippen LogP contribution in [0.2, 0.25) is 20.1 Å². The Morgan fingerprint density at radius 3 is 2.20 bits per heavy atom. The van der Waals surface area contributed by atoms with Gasteiger partial charge in [-0.1, -0.05) is 46.4 Å². The van der Waals surface area contributed by atoms with Crippen molar-refractivity contribution in [1.82, 2.24) is 0 Å². The second kappa shape index (κ2) is 4.66. The molecular formula is C8H7Cl4N3. The monoisotopic (exact) mass is 285 g/mol. The summed E-state index contributed by atoms with van der Waals surface area (Å²) in [5.74, 6) is -0.175. The van der Waals surface area contributed by atoms with Crippen LogP contribution in [0.3, 0.4) is 0 Å². The second-order valence-corrected chi connectivity index (χ2v) is 4.30. The molecule has 3 N–H and O–H groups in total. The van der Waals surface area contributed by atoms with Gasteiger partial charge in [0.05, 0.1) is 25.8 Å². The van der Waals surface area contributed by atoms with Gasteiger partial charge in [-0.05, 0) is 6.07 Å². The van der Waals surface area contributed by atoms with E-state index in [0.717, 1.165) is 0 Å². The molecule has 0 aliphatic carbocycles. The van der Waals surface area contributed by atoms with Gasteiger partial charge in [-0.3, -0.25) is 5.41 Å². The molecule has 82 valence electrons. The second-order valence-electron chi connectivity index (χ2n) is 2.76. The van der Waals surface area contributed by atoms with Crippen LogP contribution in [0, 0.1) is 5.41 Å². The fourth-order valence-electron chi connectivity index (χ4n) is 0.934. The van der Waals surface area contributed by atoms with Crippen molar-refractivity contribution < 1.29 is 0 Å². The molecule has 0 aliphatic rings. The summed E-state index contributed by atoms with van der Waals surface area (Å²) in [5, 5.41) is 8.06. The molecule has 0 radical (unpaired) electrons. The maximum atomic E-state index is 7.26. The van der Waals surface area contributed by atoms with Gasteiger partial charge in [-0.2, -0.15) is 0 Å². The van der Waals surface area contributed by atoms with Crippen LogP contribution in [-0.2, 0) is 0 Å². The van der Waals surface area contributed by atoms with Crippen LogP contribution in [0.4, 0.5) is 5.69 Å². The maximum Gasteiger partial charge on any atom is 0.192 e. The van der Waals surface area contributed by atoms with Gasteiger partial charge in [-0.25, -0.2) is 0 Å². The number of halogens is 4. The summed E-state index contributed by atoms with van der Waals surface area (Å²) in [4.78, 5) is 1.34. The van der Waals surface area contributed by atoms with Gasteiger partial charge in [0, 0.05) is 7.05 Å². The van der Waals surface area contributed by atoms with Gasteiger partial charge in [0.2, 0.25) is 0 Å². The number of nitrogens with two attached hydrogens (primary N) is 1. The van der Waals surface area contributed by atoms with Crippen molar-refractivity contribution in [3.05, 3.63) is 26.2 Å². The third kappa shape index (κ3) is 2.42. The van der Waals surface area contributed by atoms with Crippen LogP contribution < -0.4 is 10.6 Å². The van der Waals surface area contributed by atoms with E-state index in [1.165, 1.54) is 11.0 Å². The number of hydrogen-bond donors (Lipinski definition) is 2. The SMILES string of the molecule is CN(C(=N)N)c1cc(Cl)c(Cl)c(Cl)c1Cl. The Kier molecular flexibility index (Phi) is 3.95. The van der Waals surface area contributed by atoms with Crippen molar-refractivity contribution in [1.29, 1.82) is 5.41 Å². The van der Waals surface area contributed by atoms with E-state index in [9.17, 15) is 0 Å². The summed E-state index contributed by atoms with van der Waals surface area (Å²) in [7, 11) is 1.57. The average molecular weight is 287 g/mol. The van der Waals surface area contributed by atoms with E-state index >= 15 is 0 Å². The molecule has 1 rings (SSSR count). The lowest BCUT2D eigenvalue weighted by Gasteiger charge is -2.19. The van der Waals surface area contributed by atoms with Crippen molar-refractivity contribution in [3.8, 4) is 0 Å². The van der Waals surface area contributed by atoms with Crippen molar-refractivity contribution in [2.45, 2.75) is 0 Å². The molecule has 1 aromatic rings. The first kappa shape index (κ1) is 12.7. The fraction of sp³-hybridized carbons (Fsp3) is 0.125. The lowest BCUT2D eigenvalue weighted by molar-refractivity contribution is 1.20. The predicted molar refractivity (Wildman–Crippen MR) is 66.8 cm³/mol. The summed E-state index contributed by atoms with van der Waals surface area (Å²) in [6.07, 6.45) is 0. The van der Waals surface area contributed by atoms with Crippen LogP contribution in [0.15, 0.2) is 6.07 Å². The van der Waals surface area contributed by atoms with Crippen molar-refractivity contribution in [3.63, 3.8) is 0 Å². The van der Waals surface area contributed by atoms with Crippen molar-refractivity contribution in [2.75, 3.05) is 11.9 Å². The Labute approximate surface area is 107 Å². The third-order valence-corrected chi connectivity index (χ3v) is 3.55. The highest BCUT2D eigenvalue weighted by atomic mass is 35.5. The molecule has 0 bridgehead atoms. The molecule has 0 saturated heterocycles. The topological polar surface area (TPSA) is 53.1 Å². The number of hydrogen-bond acceptors (Lipinski definition) is 1. The zero-order chi connectivity index (χ0) is 11.7. The standard InChI is InChI=1S/C8H7Cl4N3/c1-15(8(13)14)4-2-3(9)5(10)7(12)6(4)11/h2H,1H3,(H3,13,14). The van der Waals surface area contributed by atoms with Gasteiger partial charge in [0.25, 0.3) is 0 Å². The molecule has 0 spiro atoms. The number of rotatable bonds is 1. The number of nitrogens with zero attached hydrogens (tertiary/aromatic N) is 1. The molecule has 0 unspecified atom stereocenters. The Hall–Kier alpha value is -0.350. The molecule has 0 aromatic heterocycles. The minimum absolute atomic E-state index is 0.147. The normalized spacial score (nSPS) is 10.2. The summed E-state index contributed by atoms with van der Waals surface area (Å²) in [6.45, 7) is 0. The van der Waals surface area contributed by atoms with Crippen LogP contribution in [0.1, 0.15) is 0 Å².